The number of carbonyl (C=O) groups excluding carboxylic acids is 1. The van der Waals surface area contributed by atoms with E-state index in [0.29, 0.717) is 22.2 Å². The lowest BCUT2D eigenvalue weighted by molar-refractivity contribution is -0.130. The molecular formula is C15H17Cl2NO2. The molecule has 0 unspecified atom stereocenters. The van der Waals surface area contributed by atoms with E-state index in [4.69, 9.17) is 28.3 Å². The highest BCUT2D eigenvalue weighted by molar-refractivity contribution is 6.42. The molecule has 0 atom stereocenters. The first-order valence-electron chi connectivity index (χ1n) is 6.67. The standard InChI is InChI=1S/C15H17Cl2NO2/c16-13-6-1-3-11(15(13)17)7-8-14(20)18(9-10-19)12-4-2-5-12/h1,3,6-8,12,19H,2,4-5,9-10H2/b8-7+. The summed E-state index contributed by atoms with van der Waals surface area (Å²) in [6.45, 7) is 0.352. The topological polar surface area (TPSA) is 40.5 Å². The first-order valence-corrected chi connectivity index (χ1v) is 7.42. The van der Waals surface area contributed by atoms with E-state index in [-0.39, 0.29) is 18.6 Å². The lowest BCUT2D eigenvalue weighted by atomic mass is 9.91. The van der Waals surface area contributed by atoms with Gasteiger partial charge < -0.3 is 10.0 Å². The molecule has 1 aromatic carbocycles. The maximum absolute atomic E-state index is 12.2. The summed E-state index contributed by atoms with van der Waals surface area (Å²) in [5, 5.41) is 9.97. The third kappa shape index (κ3) is 3.54. The fraction of sp³-hybridized carbons (Fsp3) is 0.400. The van der Waals surface area contributed by atoms with Crippen molar-refractivity contribution in [2.75, 3.05) is 13.2 Å². The van der Waals surface area contributed by atoms with Crippen molar-refractivity contribution >= 4 is 35.2 Å². The summed E-state index contributed by atoms with van der Waals surface area (Å²) >= 11 is 12.0. The van der Waals surface area contributed by atoms with Crippen molar-refractivity contribution in [2.45, 2.75) is 25.3 Å². The van der Waals surface area contributed by atoms with Crippen LogP contribution in [0.4, 0.5) is 0 Å². The van der Waals surface area contributed by atoms with Crippen LogP contribution in [0.3, 0.4) is 0 Å². The van der Waals surface area contributed by atoms with Crippen molar-refractivity contribution in [1.82, 2.24) is 4.90 Å². The fourth-order valence-electron chi connectivity index (χ4n) is 2.18. The summed E-state index contributed by atoms with van der Waals surface area (Å²) in [6.07, 6.45) is 6.32. The average Bonchev–Trinajstić information content (AvgIpc) is 2.37. The molecule has 2 rings (SSSR count). The molecule has 1 aromatic rings. The van der Waals surface area contributed by atoms with Gasteiger partial charge in [0.25, 0.3) is 0 Å². The fourth-order valence-corrected chi connectivity index (χ4v) is 2.56. The monoisotopic (exact) mass is 313 g/mol. The molecule has 0 aliphatic heterocycles. The molecule has 1 amide bonds. The van der Waals surface area contributed by atoms with Gasteiger partial charge >= 0.3 is 0 Å². The Morgan fingerprint density at radius 1 is 1.40 bits per heavy atom. The number of aliphatic hydroxyl groups is 1. The zero-order chi connectivity index (χ0) is 14.5. The van der Waals surface area contributed by atoms with Gasteiger partial charge in [0.2, 0.25) is 5.91 Å². The van der Waals surface area contributed by atoms with Gasteiger partial charge in [-0.1, -0.05) is 35.3 Å². The zero-order valence-electron chi connectivity index (χ0n) is 11.1. The van der Waals surface area contributed by atoms with Crippen LogP contribution in [0.25, 0.3) is 6.08 Å². The molecule has 5 heteroatoms. The van der Waals surface area contributed by atoms with Gasteiger partial charge in [0.1, 0.15) is 0 Å². The van der Waals surface area contributed by atoms with Crippen molar-refractivity contribution in [3.05, 3.63) is 39.9 Å². The molecule has 1 saturated carbocycles. The van der Waals surface area contributed by atoms with E-state index in [1.807, 2.05) is 0 Å². The number of nitrogens with zero attached hydrogens (tertiary/aromatic N) is 1. The minimum absolute atomic E-state index is 0.0198. The second kappa shape index (κ2) is 7.11. The molecule has 0 bridgehead atoms. The number of hydrogen-bond acceptors (Lipinski definition) is 2. The van der Waals surface area contributed by atoms with Gasteiger partial charge in [0.05, 0.1) is 16.7 Å². The molecule has 1 aliphatic rings. The lowest BCUT2D eigenvalue weighted by Gasteiger charge is -2.36. The molecule has 0 heterocycles. The van der Waals surface area contributed by atoms with Crippen molar-refractivity contribution in [3.8, 4) is 0 Å². The lowest BCUT2D eigenvalue weighted by Crippen LogP contribution is -2.44. The van der Waals surface area contributed by atoms with Crippen LogP contribution in [0, 0.1) is 0 Å². The van der Waals surface area contributed by atoms with Crippen LogP contribution in [0.2, 0.25) is 10.0 Å². The highest BCUT2D eigenvalue weighted by Gasteiger charge is 2.26. The number of carbonyl (C=O) groups is 1. The second-order valence-electron chi connectivity index (χ2n) is 4.82. The van der Waals surface area contributed by atoms with Gasteiger partial charge in [-0.3, -0.25) is 4.79 Å². The quantitative estimate of drug-likeness (QED) is 0.847. The zero-order valence-corrected chi connectivity index (χ0v) is 12.6. The minimum atomic E-state index is -0.0974. The Labute approximate surface area is 128 Å². The molecule has 108 valence electrons. The number of halogens is 2. The molecule has 0 saturated heterocycles. The molecule has 0 spiro atoms. The number of aliphatic hydroxyl groups excluding tert-OH is 1. The van der Waals surface area contributed by atoms with Crippen molar-refractivity contribution in [1.29, 1.82) is 0 Å². The predicted molar refractivity (Wildman–Crippen MR) is 81.9 cm³/mol. The largest absolute Gasteiger partial charge is 0.395 e. The smallest absolute Gasteiger partial charge is 0.246 e. The van der Waals surface area contributed by atoms with Crippen LogP contribution in [0.5, 0.6) is 0 Å². The molecule has 0 aromatic heterocycles. The van der Waals surface area contributed by atoms with E-state index >= 15 is 0 Å². The Morgan fingerprint density at radius 3 is 2.75 bits per heavy atom. The maximum Gasteiger partial charge on any atom is 0.246 e. The number of rotatable bonds is 5. The Morgan fingerprint density at radius 2 is 2.15 bits per heavy atom. The Bertz CT molecular complexity index is 513. The number of amides is 1. The van der Waals surface area contributed by atoms with Crippen molar-refractivity contribution in [2.24, 2.45) is 0 Å². The number of benzene rings is 1. The highest BCUT2D eigenvalue weighted by Crippen LogP contribution is 2.27. The summed E-state index contributed by atoms with van der Waals surface area (Å²) in [4.78, 5) is 13.9. The normalized spacial score (nSPS) is 15.3. The van der Waals surface area contributed by atoms with Crippen LogP contribution >= 0.6 is 23.2 Å². The van der Waals surface area contributed by atoms with Gasteiger partial charge in [-0.05, 0) is 37.0 Å². The summed E-state index contributed by atoms with van der Waals surface area (Å²) in [5.74, 6) is -0.0974. The van der Waals surface area contributed by atoms with Crippen LogP contribution < -0.4 is 0 Å². The highest BCUT2D eigenvalue weighted by atomic mass is 35.5. The molecule has 0 radical (unpaired) electrons. The molecule has 3 nitrogen and oxygen atoms in total. The van der Waals surface area contributed by atoms with Crippen molar-refractivity contribution in [3.63, 3.8) is 0 Å². The minimum Gasteiger partial charge on any atom is -0.395 e. The third-order valence-corrected chi connectivity index (χ3v) is 4.36. The van der Waals surface area contributed by atoms with Crippen LogP contribution in [-0.4, -0.2) is 35.1 Å². The molecular weight excluding hydrogens is 297 g/mol. The Hall–Kier alpha value is -1.03. The van der Waals surface area contributed by atoms with E-state index in [1.165, 1.54) is 6.08 Å². The first kappa shape index (κ1) is 15.4. The van der Waals surface area contributed by atoms with E-state index in [1.54, 1.807) is 29.2 Å². The average molecular weight is 314 g/mol. The van der Waals surface area contributed by atoms with Crippen LogP contribution in [0.15, 0.2) is 24.3 Å². The second-order valence-corrected chi connectivity index (χ2v) is 5.60. The van der Waals surface area contributed by atoms with E-state index in [9.17, 15) is 4.79 Å². The molecule has 1 aliphatic carbocycles. The van der Waals surface area contributed by atoms with Crippen LogP contribution in [0.1, 0.15) is 24.8 Å². The van der Waals surface area contributed by atoms with Gasteiger partial charge in [-0.25, -0.2) is 0 Å². The van der Waals surface area contributed by atoms with Gasteiger partial charge in [-0.15, -0.1) is 0 Å². The summed E-state index contributed by atoms with van der Waals surface area (Å²) in [7, 11) is 0. The Kier molecular flexibility index (Phi) is 5.46. The van der Waals surface area contributed by atoms with Crippen LogP contribution in [-0.2, 0) is 4.79 Å². The van der Waals surface area contributed by atoms with E-state index in [2.05, 4.69) is 0 Å². The summed E-state index contributed by atoms with van der Waals surface area (Å²) in [6, 6.07) is 5.55. The van der Waals surface area contributed by atoms with Gasteiger partial charge in [0.15, 0.2) is 0 Å². The molecule has 1 fully saturated rings. The SMILES string of the molecule is O=C(/C=C/c1cccc(Cl)c1Cl)N(CCO)C1CCC1. The van der Waals surface area contributed by atoms with Crippen molar-refractivity contribution < 1.29 is 9.90 Å². The summed E-state index contributed by atoms with van der Waals surface area (Å²) < 4.78 is 0. The maximum atomic E-state index is 12.2. The summed E-state index contributed by atoms with van der Waals surface area (Å²) in [5.41, 5.74) is 0.713. The predicted octanol–water partition coefficient (Wildman–Crippen LogP) is 3.38. The first-order chi connectivity index (χ1) is 9.63. The van der Waals surface area contributed by atoms with Gasteiger partial charge in [0, 0.05) is 18.7 Å². The third-order valence-electron chi connectivity index (χ3n) is 3.53. The Balaban J connectivity index is 2.08. The molecule has 1 N–H and O–H groups in total. The van der Waals surface area contributed by atoms with Gasteiger partial charge in [-0.2, -0.15) is 0 Å². The number of hydrogen-bond donors (Lipinski definition) is 1. The van der Waals surface area contributed by atoms with E-state index in [0.717, 1.165) is 19.3 Å². The molecule has 20 heavy (non-hydrogen) atoms. The van der Waals surface area contributed by atoms with E-state index < -0.39 is 0 Å².